The van der Waals surface area contributed by atoms with Crippen molar-refractivity contribution in [3.05, 3.63) is 44.4 Å². The lowest BCUT2D eigenvalue weighted by Crippen LogP contribution is -1.96. The Balaban J connectivity index is 3.50. The zero-order chi connectivity index (χ0) is 10.7. The Kier molecular flexibility index (Phi) is 3.41. The maximum absolute atomic E-state index is 10.8. The fourth-order valence-electron chi connectivity index (χ4n) is 1.34. The average molecular weight is 256 g/mol. The minimum Gasteiger partial charge on any atom is -0.258 e. The number of benzene rings is 1. The lowest BCUT2D eigenvalue weighted by atomic mass is 10.0. The molecular weight excluding hydrogens is 246 g/mol. The molecule has 0 N–H and O–H groups in total. The van der Waals surface area contributed by atoms with E-state index in [0.29, 0.717) is 10.0 Å². The Hall–Kier alpha value is -1.16. The molecule has 0 saturated heterocycles. The van der Waals surface area contributed by atoms with Crippen LogP contribution in [0.1, 0.15) is 18.1 Å². The fraction of sp³-hybridized carbons (Fsp3) is 0.200. The molecular formula is C10H10BrNO2. The van der Waals surface area contributed by atoms with Gasteiger partial charge in [0.1, 0.15) is 0 Å². The third kappa shape index (κ3) is 1.85. The largest absolute Gasteiger partial charge is 0.290 e. The summed E-state index contributed by atoms with van der Waals surface area (Å²) in [4.78, 5) is 10.4. The molecule has 1 aromatic rings. The number of halogens is 1. The normalized spacial score (nSPS) is 9.86. The molecule has 0 amide bonds. The van der Waals surface area contributed by atoms with Gasteiger partial charge in [0.25, 0.3) is 5.69 Å². The predicted octanol–water partition coefficient (Wildman–Crippen LogP) is 3.56. The van der Waals surface area contributed by atoms with Crippen LogP contribution < -0.4 is 0 Å². The number of aryl methyl sites for hydroxylation is 1. The van der Waals surface area contributed by atoms with Gasteiger partial charge in [-0.3, -0.25) is 10.1 Å². The van der Waals surface area contributed by atoms with Gasteiger partial charge in [-0.25, -0.2) is 0 Å². The molecule has 0 unspecified atom stereocenters. The van der Waals surface area contributed by atoms with E-state index in [9.17, 15) is 10.1 Å². The van der Waals surface area contributed by atoms with Crippen LogP contribution in [0.15, 0.2) is 23.2 Å². The summed E-state index contributed by atoms with van der Waals surface area (Å²) in [5, 5.41) is 10.8. The van der Waals surface area contributed by atoms with Crippen molar-refractivity contribution in [2.24, 2.45) is 0 Å². The van der Waals surface area contributed by atoms with E-state index in [4.69, 9.17) is 0 Å². The molecule has 0 aliphatic rings. The lowest BCUT2D eigenvalue weighted by Gasteiger charge is -2.05. The maximum atomic E-state index is 10.8. The summed E-state index contributed by atoms with van der Waals surface area (Å²) in [5.41, 5.74) is 1.64. The first-order valence-corrected chi connectivity index (χ1v) is 4.99. The van der Waals surface area contributed by atoms with Crippen molar-refractivity contribution in [3.63, 3.8) is 0 Å². The Bertz CT molecular complexity index is 388. The fourth-order valence-corrected chi connectivity index (χ4v) is 1.84. The van der Waals surface area contributed by atoms with Crippen LogP contribution in [-0.4, -0.2) is 4.92 Å². The van der Waals surface area contributed by atoms with E-state index in [-0.39, 0.29) is 10.6 Å². The summed E-state index contributed by atoms with van der Waals surface area (Å²) in [6.45, 7) is 5.56. The molecule has 0 fully saturated rings. The van der Waals surface area contributed by atoms with Crippen molar-refractivity contribution in [2.45, 2.75) is 13.3 Å². The first-order valence-electron chi connectivity index (χ1n) is 4.20. The van der Waals surface area contributed by atoms with Crippen LogP contribution in [0.4, 0.5) is 5.69 Å². The Morgan fingerprint density at radius 3 is 2.71 bits per heavy atom. The Morgan fingerprint density at radius 1 is 1.64 bits per heavy atom. The highest BCUT2D eigenvalue weighted by atomic mass is 79.9. The molecule has 0 spiro atoms. The van der Waals surface area contributed by atoms with Crippen LogP contribution in [0.5, 0.6) is 0 Å². The van der Waals surface area contributed by atoms with Crippen molar-refractivity contribution in [1.29, 1.82) is 0 Å². The van der Waals surface area contributed by atoms with Crippen molar-refractivity contribution in [3.8, 4) is 0 Å². The van der Waals surface area contributed by atoms with Crippen LogP contribution in [0.25, 0.3) is 6.08 Å². The van der Waals surface area contributed by atoms with Gasteiger partial charge in [-0.15, -0.1) is 0 Å². The first-order chi connectivity index (χ1) is 6.61. The third-order valence-electron chi connectivity index (χ3n) is 2.03. The van der Waals surface area contributed by atoms with E-state index in [1.807, 2.05) is 13.0 Å². The molecule has 4 heteroatoms. The number of nitrogens with zero attached hydrogens (tertiary/aromatic N) is 1. The minimum absolute atomic E-state index is 0.0966. The van der Waals surface area contributed by atoms with E-state index in [1.54, 1.807) is 6.07 Å². The van der Waals surface area contributed by atoms with E-state index in [0.717, 1.165) is 12.0 Å². The molecule has 0 bridgehead atoms. The standard InChI is InChI=1S/C10H10BrNO2/c1-3-7-5-6-9(11)10(12(13)14)8(7)4-2/h4-6H,2-3H2,1H3. The predicted molar refractivity (Wildman–Crippen MR) is 60.3 cm³/mol. The van der Waals surface area contributed by atoms with Gasteiger partial charge in [0.05, 0.1) is 15.0 Å². The zero-order valence-electron chi connectivity index (χ0n) is 7.79. The van der Waals surface area contributed by atoms with Crippen LogP contribution in [-0.2, 0) is 6.42 Å². The summed E-state index contributed by atoms with van der Waals surface area (Å²) in [7, 11) is 0. The molecule has 0 saturated carbocycles. The Labute approximate surface area is 90.7 Å². The molecule has 0 radical (unpaired) electrons. The SMILES string of the molecule is C=Cc1c(CC)ccc(Br)c1[N+](=O)[O-]. The van der Waals surface area contributed by atoms with Gasteiger partial charge in [-0.1, -0.05) is 25.6 Å². The maximum Gasteiger partial charge on any atom is 0.290 e. The van der Waals surface area contributed by atoms with Gasteiger partial charge in [0, 0.05) is 0 Å². The van der Waals surface area contributed by atoms with Gasteiger partial charge in [0.15, 0.2) is 0 Å². The molecule has 0 heterocycles. The summed E-state index contributed by atoms with van der Waals surface area (Å²) in [6.07, 6.45) is 2.29. The van der Waals surface area contributed by atoms with Gasteiger partial charge in [-0.05, 0) is 34.0 Å². The second kappa shape index (κ2) is 4.37. The second-order valence-corrected chi connectivity index (χ2v) is 3.64. The van der Waals surface area contributed by atoms with E-state index >= 15 is 0 Å². The summed E-state index contributed by atoms with van der Waals surface area (Å²) in [6, 6.07) is 3.57. The van der Waals surface area contributed by atoms with Crippen LogP contribution in [0.3, 0.4) is 0 Å². The lowest BCUT2D eigenvalue weighted by molar-refractivity contribution is -0.385. The van der Waals surface area contributed by atoms with Crippen LogP contribution in [0, 0.1) is 10.1 Å². The van der Waals surface area contributed by atoms with Crippen molar-refractivity contribution in [2.75, 3.05) is 0 Å². The smallest absolute Gasteiger partial charge is 0.258 e. The molecule has 0 atom stereocenters. The quantitative estimate of drug-likeness (QED) is 0.613. The molecule has 0 aliphatic heterocycles. The number of nitro benzene ring substituents is 1. The third-order valence-corrected chi connectivity index (χ3v) is 2.67. The minimum atomic E-state index is -0.389. The number of hydrogen-bond donors (Lipinski definition) is 0. The number of hydrogen-bond acceptors (Lipinski definition) is 2. The monoisotopic (exact) mass is 255 g/mol. The van der Waals surface area contributed by atoms with Crippen molar-refractivity contribution < 1.29 is 4.92 Å². The van der Waals surface area contributed by atoms with Gasteiger partial charge in [0.2, 0.25) is 0 Å². The van der Waals surface area contributed by atoms with Gasteiger partial charge in [-0.2, -0.15) is 0 Å². The zero-order valence-corrected chi connectivity index (χ0v) is 9.37. The average Bonchev–Trinajstić information content (AvgIpc) is 2.16. The topological polar surface area (TPSA) is 43.1 Å². The molecule has 1 rings (SSSR count). The molecule has 3 nitrogen and oxygen atoms in total. The highest BCUT2D eigenvalue weighted by Crippen LogP contribution is 2.32. The van der Waals surface area contributed by atoms with Crippen molar-refractivity contribution in [1.82, 2.24) is 0 Å². The first kappa shape index (κ1) is 10.9. The van der Waals surface area contributed by atoms with Crippen LogP contribution >= 0.6 is 15.9 Å². The highest BCUT2D eigenvalue weighted by molar-refractivity contribution is 9.10. The van der Waals surface area contributed by atoms with Gasteiger partial charge < -0.3 is 0 Å². The molecule has 1 aromatic carbocycles. The number of nitro groups is 1. The van der Waals surface area contributed by atoms with Crippen LogP contribution in [0.2, 0.25) is 0 Å². The molecule has 14 heavy (non-hydrogen) atoms. The number of rotatable bonds is 3. The Morgan fingerprint density at radius 2 is 2.29 bits per heavy atom. The van der Waals surface area contributed by atoms with Crippen molar-refractivity contribution >= 4 is 27.7 Å². The summed E-state index contributed by atoms with van der Waals surface area (Å²) in [5.74, 6) is 0. The molecule has 0 aliphatic carbocycles. The van der Waals surface area contributed by atoms with E-state index in [1.165, 1.54) is 6.08 Å². The second-order valence-electron chi connectivity index (χ2n) is 2.78. The summed E-state index contributed by atoms with van der Waals surface area (Å²) < 4.78 is 0.495. The summed E-state index contributed by atoms with van der Waals surface area (Å²) >= 11 is 3.16. The molecule has 74 valence electrons. The van der Waals surface area contributed by atoms with Gasteiger partial charge >= 0.3 is 0 Å². The van der Waals surface area contributed by atoms with E-state index < -0.39 is 0 Å². The van der Waals surface area contributed by atoms with E-state index in [2.05, 4.69) is 22.5 Å². The highest BCUT2D eigenvalue weighted by Gasteiger charge is 2.18. The molecule has 0 aromatic heterocycles.